The van der Waals surface area contributed by atoms with E-state index in [1.54, 1.807) is 0 Å². The monoisotopic (exact) mass is 340 g/mol. The average molecular weight is 340 g/mol. The zero-order valence-corrected chi connectivity index (χ0v) is 15.3. The van der Waals surface area contributed by atoms with Gasteiger partial charge in [-0.3, -0.25) is 9.88 Å². The molecule has 1 unspecified atom stereocenters. The van der Waals surface area contributed by atoms with Crippen LogP contribution in [0.5, 0.6) is 0 Å². The summed E-state index contributed by atoms with van der Waals surface area (Å²) in [5, 5.41) is 9.51. The van der Waals surface area contributed by atoms with Gasteiger partial charge in [0.2, 0.25) is 0 Å². The average Bonchev–Trinajstić information content (AvgIpc) is 2.80. The molecule has 2 atom stereocenters. The number of hydrogen-bond donors (Lipinski definition) is 1. The highest BCUT2D eigenvalue weighted by molar-refractivity contribution is 6.74. The first-order valence-electron chi connectivity index (χ1n) is 7.79. The van der Waals surface area contributed by atoms with Crippen LogP contribution >= 0.6 is 0 Å². The molecule has 128 valence electrons. The van der Waals surface area contributed by atoms with E-state index in [2.05, 4.69) is 38.8 Å². The second kappa shape index (κ2) is 6.20. The van der Waals surface area contributed by atoms with E-state index in [1.807, 2.05) is 0 Å². The van der Waals surface area contributed by atoms with Gasteiger partial charge in [0.1, 0.15) is 5.82 Å². The Labute approximate surface area is 137 Å². The third-order valence-corrected chi connectivity index (χ3v) is 9.42. The summed E-state index contributed by atoms with van der Waals surface area (Å²) < 4.78 is 19.8. The molecule has 2 heterocycles. The van der Waals surface area contributed by atoms with Crippen molar-refractivity contribution in [3.8, 4) is 0 Å². The minimum atomic E-state index is -1.99. The van der Waals surface area contributed by atoms with Crippen LogP contribution in [-0.2, 0) is 4.43 Å². The molecule has 0 bridgehead atoms. The van der Waals surface area contributed by atoms with Gasteiger partial charge >= 0.3 is 6.09 Å². The highest BCUT2D eigenvalue weighted by Crippen LogP contribution is 2.41. The highest BCUT2D eigenvalue weighted by Gasteiger charge is 2.44. The molecule has 0 saturated carbocycles. The zero-order chi connectivity index (χ0) is 17.4. The Morgan fingerprint density at radius 3 is 2.61 bits per heavy atom. The van der Waals surface area contributed by atoms with E-state index >= 15 is 0 Å². The molecular formula is C16H25FN2O3Si. The molecule has 7 heteroatoms. The van der Waals surface area contributed by atoms with Gasteiger partial charge in [0, 0.05) is 12.7 Å². The fourth-order valence-electron chi connectivity index (χ4n) is 2.61. The van der Waals surface area contributed by atoms with Gasteiger partial charge in [0.05, 0.1) is 18.3 Å². The van der Waals surface area contributed by atoms with E-state index in [4.69, 9.17) is 4.43 Å². The van der Waals surface area contributed by atoms with Gasteiger partial charge in [0.15, 0.2) is 8.32 Å². The van der Waals surface area contributed by atoms with Crippen molar-refractivity contribution in [3.63, 3.8) is 0 Å². The molecule has 0 radical (unpaired) electrons. The van der Waals surface area contributed by atoms with Gasteiger partial charge in [-0.15, -0.1) is 0 Å². The molecule has 0 aliphatic carbocycles. The lowest BCUT2D eigenvalue weighted by atomic mass is 10.1. The van der Waals surface area contributed by atoms with Gasteiger partial charge in [-0.2, -0.15) is 0 Å². The van der Waals surface area contributed by atoms with Crippen LogP contribution in [0, 0.1) is 5.82 Å². The van der Waals surface area contributed by atoms with Crippen molar-refractivity contribution in [2.45, 2.75) is 57.5 Å². The number of likely N-dealkylation sites (tertiary alicyclic amines) is 1. The molecule has 5 nitrogen and oxygen atoms in total. The van der Waals surface area contributed by atoms with E-state index in [1.165, 1.54) is 17.2 Å². The number of aromatic nitrogens is 1. The number of pyridine rings is 1. The van der Waals surface area contributed by atoms with Crippen LogP contribution in [0.15, 0.2) is 18.5 Å². The molecule has 23 heavy (non-hydrogen) atoms. The second-order valence-corrected chi connectivity index (χ2v) is 12.4. The summed E-state index contributed by atoms with van der Waals surface area (Å²) in [4.78, 5) is 16.7. The molecule has 1 aliphatic heterocycles. The SMILES string of the molecule is CC(C)(C)[Si](C)(C)O[C@@H]1CC(c2cncc(F)c2)N(C(=O)O)C1. The van der Waals surface area contributed by atoms with Crippen LogP contribution in [0.1, 0.15) is 38.8 Å². The van der Waals surface area contributed by atoms with Crippen LogP contribution in [-0.4, -0.2) is 42.0 Å². The quantitative estimate of drug-likeness (QED) is 0.844. The first kappa shape index (κ1) is 17.9. The Morgan fingerprint density at radius 1 is 1.43 bits per heavy atom. The Bertz CT molecular complexity index is 589. The van der Waals surface area contributed by atoms with Crippen molar-refractivity contribution >= 4 is 14.4 Å². The summed E-state index contributed by atoms with van der Waals surface area (Å²) >= 11 is 0. The Morgan fingerprint density at radius 2 is 2.09 bits per heavy atom. The van der Waals surface area contributed by atoms with E-state index in [-0.39, 0.29) is 11.1 Å². The predicted octanol–water partition coefficient (Wildman–Crippen LogP) is 4.04. The number of nitrogens with zero attached hydrogens (tertiary/aromatic N) is 2. The predicted molar refractivity (Wildman–Crippen MR) is 88.4 cm³/mol. The maximum atomic E-state index is 13.4. The smallest absolute Gasteiger partial charge is 0.407 e. The molecule has 0 aromatic carbocycles. The highest BCUT2D eigenvalue weighted by atomic mass is 28.4. The molecule has 0 spiro atoms. The lowest BCUT2D eigenvalue weighted by Gasteiger charge is -2.38. The number of hydrogen-bond acceptors (Lipinski definition) is 3. The molecule has 1 aromatic rings. The second-order valence-electron chi connectivity index (χ2n) is 7.62. The van der Waals surface area contributed by atoms with Crippen LogP contribution in [0.4, 0.5) is 9.18 Å². The fraction of sp³-hybridized carbons (Fsp3) is 0.625. The first-order chi connectivity index (χ1) is 10.5. The standard InChI is InChI=1S/C16H25FN2O3Si/c1-16(2,3)23(4,5)22-13-7-14(19(10-13)15(20)21)11-6-12(17)9-18-8-11/h6,8-9,13-14H,7,10H2,1-5H3,(H,20,21)/t13-,14?/m1/s1. The van der Waals surface area contributed by atoms with Gasteiger partial charge in [-0.25, -0.2) is 9.18 Å². The lowest BCUT2D eigenvalue weighted by molar-refractivity contribution is 0.132. The van der Waals surface area contributed by atoms with Crippen molar-refractivity contribution < 1.29 is 18.7 Å². The van der Waals surface area contributed by atoms with Crippen LogP contribution < -0.4 is 0 Å². The summed E-state index contributed by atoms with van der Waals surface area (Å²) in [5.74, 6) is -0.457. The third kappa shape index (κ3) is 3.90. The zero-order valence-electron chi connectivity index (χ0n) is 14.3. The summed E-state index contributed by atoms with van der Waals surface area (Å²) in [6, 6.07) is 0.938. The summed E-state index contributed by atoms with van der Waals surface area (Å²) in [7, 11) is -1.99. The number of amides is 1. The van der Waals surface area contributed by atoms with Gasteiger partial charge in [0.25, 0.3) is 0 Å². The molecular weight excluding hydrogens is 315 g/mol. The minimum absolute atomic E-state index is 0.0551. The van der Waals surface area contributed by atoms with Gasteiger partial charge < -0.3 is 9.53 Å². The van der Waals surface area contributed by atoms with E-state index in [0.717, 1.165) is 6.20 Å². The third-order valence-electron chi connectivity index (χ3n) is 4.89. The largest absolute Gasteiger partial charge is 0.465 e. The number of carboxylic acid groups (broad SMARTS) is 1. The van der Waals surface area contributed by atoms with E-state index < -0.39 is 26.3 Å². The number of rotatable bonds is 3. The van der Waals surface area contributed by atoms with Crippen molar-refractivity contribution in [1.82, 2.24) is 9.88 Å². The first-order valence-corrected chi connectivity index (χ1v) is 10.7. The Kier molecular flexibility index (Phi) is 4.82. The van der Waals surface area contributed by atoms with Gasteiger partial charge in [-0.05, 0) is 36.2 Å². The summed E-state index contributed by atoms with van der Waals surface area (Å²) in [6.07, 6.45) is 2.00. The van der Waals surface area contributed by atoms with Crippen LogP contribution in [0.3, 0.4) is 0 Å². The lowest BCUT2D eigenvalue weighted by Crippen LogP contribution is -2.44. The summed E-state index contributed by atoms with van der Waals surface area (Å²) in [5.41, 5.74) is 0.578. The van der Waals surface area contributed by atoms with Crippen LogP contribution in [0.25, 0.3) is 0 Å². The van der Waals surface area contributed by atoms with Crippen molar-refractivity contribution in [3.05, 3.63) is 29.8 Å². The molecule has 1 amide bonds. The number of carbonyl (C=O) groups is 1. The molecule has 2 rings (SSSR count). The molecule has 1 saturated heterocycles. The minimum Gasteiger partial charge on any atom is -0.465 e. The summed E-state index contributed by atoms with van der Waals surface area (Å²) in [6.45, 7) is 11.1. The van der Waals surface area contributed by atoms with Crippen molar-refractivity contribution in [2.24, 2.45) is 0 Å². The Balaban J connectivity index is 2.20. The van der Waals surface area contributed by atoms with Gasteiger partial charge in [-0.1, -0.05) is 20.8 Å². The van der Waals surface area contributed by atoms with E-state index in [0.29, 0.717) is 18.5 Å². The maximum Gasteiger partial charge on any atom is 0.407 e. The molecule has 1 N–H and O–H groups in total. The topological polar surface area (TPSA) is 62.7 Å². The molecule has 1 aliphatic rings. The maximum absolute atomic E-state index is 13.4. The van der Waals surface area contributed by atoms with Crippen LogP contribution in [0.2, 0.25) is 18.1 Å². The van der Waals surface area contributed by atoms with E-state index in [9.17, 15) is 14.3 Å². The van der Waals surface area contributed by atoms with Crippen molar-refractivity contribution in [1.29, 1.82) is 0 Å². The molecule has 1 aromatic heterocycles. The van der Waals surface area contributed by atoms with Crippen molar-refractivity contribution in [2.75, 3.05) is 6.54 Å². The Hall–Kier alpha value is -1.47. The molecule has 1 fully saturated rings. The fourth-order valence-corrected chi connectivity index (χ4v) is 3.97. The normalized spacial score (nSPS) is 22.4. The number of halogens is 1.